The Morgan fingerprint density at radius 3 is 2.64 bits per heavy atom. The molecule has 2 aliphatic rings. The molecule has 0 radical (unpaired) electrons. The van der Waals surface area contributed by atoms with Gasteiger partial charge in [0.2, 0.25) is 5.91 Å². The number of likely N-dealkylation sites (tertiary alicyclic amines) is 1. The highest BCUT2D eigenvalue weighted by atomic mass is 16.5. The minimum absolute atomic E-state index is 0.00484. The summed E-state index contributed by atoms with van der Waals surface area (Å²) in [6, 6.07) is 10.1. The fourth-order valence-electron chi connectivity index (χ4n) is 3.41. The van der Waals surface area contributed by atoms with E-state index in [1.165, 1.54) is 5.56 Å². The first kappa shape index (κ1) is 17.9. The third-order valence-electron chi connectivity index (χ3n) is 4.94. The number of hydrogen-bond acceptors (Lipinski definition) is 4. The fourth-order valence-corrected chi connectivity index (χ4v) is 3.41. The van der Waals surface area contributed by atoms with Gasteiger partial charge in [-0.2, -0.15) is 0 Å². The Kier molecular flexibility index (Phi) is 6.42. The van der Waals surface area contributed by atoms with Crippen molar-refractivity contribution < 1.29 is 14.3 Å². The van der Waals surface area contributed by atoms with Gasteiger partial charge in [0.15, 0.2) is 0 Å². The van der Waals surface area contributed by atoms with Gasteiger partial charge in [0.25, 0.3) is 5.91 Å². The molecule has 25 heavy (non-hydrogen) atoms. The van der Waals surface area contributed by atoms with Gasteiger partial charge in [-0.05, 0) is 24.8 Å². The van der Waals surface area contributed by atoms with Crippen molar-refractivity contribution >= 4 is 11.8 Å². The van der Waals surface area contributed by atoms with E-state index in [9.17, 15) is 9.59 Å². The quantitative estimate of drug-likeness (QED) is 0.819. The molecule has 0 spiro atoms. The molecular weight excluding hydrogens is 318 g/mol. The van der Waals surface area contributed by atoms with Crippen LogP contribution in [-0.4, -0.2) is 62.1 Å². The van der Waals surface area contributed by atoms with Gasteiger partial charge < -0.3 is 20.3 Å². The van der Waals surface area contributed by atoms with Crippen LogP contribution in [0.15, 0.2) is 30.3 Å². The van der Waals surface area contributed by atoms with E-state index >= 15 is 0 Å². The highest BCUT2D eigenvalue weighted by molar-refractivity contribution is 5.82. The Labute approximate surface area is 148 Å². The van der Waals surface area contributed by atoms with Crippen LogP contribution in [0.2, 0.25) is 0 Å². The minimum Gasteiger partial charge on any atom is -0.366 e. The van der Waals surface area contributed by atoms with Crippen molar-refractivity contribution in [2.75, 3.05) is 39.3 Å². The molecule has 3 rings (SSSR count). The zero-order valence-corrected chi connectivity index (χ0v) is 14.6. The number of piperidine rings is 1. The van der Waals surface area contributed by atoms with Crippen molar-refractivity contribution in [1.82, 2.24) is 15.5 Å². The molecule has 0 saturated carbocycles. The van der Waals surface area contributed by atoms with E-state index in [1.54, 1.807) is 0 Å². The summed E-state index contributed by atoms with van der Waals surface area (Å²) in [4.78, 5) is 26.6. The number of nitrogens with one attached hydrogen (secondary N) is 2. The lowest BCUT2D eigenvalue weighted by atomic mass is 9.95. The molecule has 0 aliphatic carbocycles. The molecule has 1 aromatic carbocycles. The van der Waals surface area contributed by atoms with Crippen molar-refractivity contribution in [3.05, 3.63) is 35.9 Å². The second kappa shape index (κ2) is 8.97. The lowest BCUT2D eigenvalue weighted by Crippen LogP contribution is -2.52. The first-order chi connectivity index (χ1) is 12.2. The normalized spacial score (nSPS) is 21.8. The molecule has 2 saturated heterocycles. The van der Waals surface area contributed by atoms with E-state index in [-0.39, 0.29) is 23.8 Å². The topological polar surface area (TPSA) is 70.7 Å². The van der Waals surface area contributed by atoms with E-state index in [4.69, 9.17) is 4.74 Å². The van der Waals surface area contributed by atoms with E-state index in [2.05, 4.69) is 22.8 Å². The van der Waals surface area contributed by atoms with Crippen LogP contribution in [0.4, 0.5) is 0 Å². The molecule has 1 atom stereocenters. The lowest BCUT2D eigenvalue weighted by Gasteiger charge is -2.34. The van der Waals surface area contributed by atoms with Crippen LogP contribution in [0.25, 0.3) is 0 Å². The molecule has 6 heteroatoms. The van der Waals surface area contributed by atoms with Crippen molar-refractivity contribution in [3.63, 3.8) is 0 Å². The molecule has 6 nitrogen and oxygen atoms in total. The SMILES string of the molecule is O=C(NCCc1ccccc1)C1CCN(C(=O)C2CNCCO2)CC1. The zero-order valence-electron chi connectivity index (χ0n) is 14.6. The van der Waals surface area contributed by atoms with E-state index < -0.39 is 0 Å². The minimum atomic E-state index is -0.370. The van der Waals surface area contributed by atoms with Gasteiger partial charge in [0, 0.05) is 38.6 Å². The van der Waals surface area contributed by atoms with Gasteiger partial charge in [-0.1, -0.05) is 30.3 Å². The van der Waals surface area contributed by atoms with Gasteiger partial charge in [0.05, 0.1) is 6.61 Å². The average Bonchev–Trinajstić information content (AvgIpc) is 2.69. The second-order valence-electron chi connectivity index (χ2n) is 6.69. The molecule has 2 aliphatic heterocycles. The van der Waals surface area contributed by atoms with Gasteiger partial charge in [-0.25, -0.2) is 0 Å². The number of carbonyl (C=O) groups excluding carboxylic acids is 2. The highest BCUT2D eigenvalue weighted by Gasteiger charge is 2.31. The van der Waals surface area contributed by atoms with E-state index in [0.29, 0.717) is 32.8 Å². The molecule has 0 aromatic heterocycles. The average molecular weight is 345 g/mol. The fraction of sp³-hybridized carbons (Fsp3) is 0.579. The molecule has 2 N–H and O–H groups in total. The van der Waals surface area contributed by atoms with Crippen LogP contribution in [0, 0.1) is 5.92 Å². The largest absolute Gasteiger partial charge is 0.366 e. The first-order valence-electron chi connectivity index (χ1n) is 9.17. The van der Waals surface area contributed by atoms with Crippen LogP contribution in [0.1, 0.15) is 18.4 Å². The predicted molar refractivity (Wildman–Crippen MR) is 95.1 cm³/mol. The molecule has 1 unspecified atom stereocenters. The number of carbonyl (C=O) groups is 2. The van der Waals surface area contributed by atoms with Crippen molar-refractivity contribution in [2.24, 2.45) is 5.92 Å². The maximum Gasteiger partial charge on any atom is 0.253 e. The molecule has 2 heterocycles. The molecule has 0 bridgehead atoms. The smallest absolute Gasteiger partial charge is 0.253 e. The van der Waals surface area contributed by atoms with E-state index in [0.717, 1.165) is 25.8 Å². The van der Waals surface area contributed by atoms with Crippen LogP contribution >= 0.6 is 0 Å². The predicted octanol–water partition coefficient (Wildman–Crippen LogP) is 0.572. The van der Waals surface area contributed by atoms with Gasteiger partial charge in [0.1, 0.15) is 6.10 Å². The summed E-state index contributed by atoms with van der Waals surface area (Å²) < 4.78 is 5.53. The maximum atomic E-state index is 12.4. The standard InChI is InChI=1S/C19H27N3O3/c23-18(21-9-6-15-4-2-1-3-5-15)16-7-11-22(12-8-16)19(24)17-14-20-10-13-25-17/h1-5,16-17,20H,6-14H2,(H,21,23). The van der Waals surface area contributed by atoms with Gasteiger partial charge >= 0.3 is 0 Å². The highest BCUT2D eigenvalue weighted by Crippen LogP contribution is 2.19. The number of nitrogens with zero attached hydrogens (tertiary/aromatic N) is 1. The van der Waals surface area contributed by atoms with Crippen molar-refractivity contribution in [3.8, 4) is 0 Å². The summed E-state index contributed by atoms with van der Waals surface area (Å²) in [5.41, 5.74) is 1.23. The summed E-state index contributed by atoms with van der Waals surface area (Å²) in [5.74, 6) is 0.166. The van der Waals surface area contributed by atoms with Crippen molar-refractivity contribution in [2.45, 2.75) is 25.4 Å². The van der Waals surface area contributed by atoms with Crippen LogP contribution in [-0.2, 0) is 20.7 Å². The Morgan fingerprint density at radius 1 is 1.20 bits per heavy atom. The second-order valence-corrected chi connectivity index (χ2v) is 6.69. The summed E-state index contributed by atoms with van der Waals surface area (Å²) >= 11 is 0. The number of hydrogen-bond donors (Lipinski definition) is 2. The molecule has 2 fully saturated rings. The summed E-state index contributed by atoms with van der Waals surface area (Å²) in [5, 5.41) is 6.21. The number of rotatable bonds is 5. The monoisotopic (exact) mass is 345 g/mol. The Balaban J connectivity index is 1.37. The first-order valence-corrected chi connectivity index (χ1v) is 9.17. The van der Waals surface area contributed by atoms with Crippen LogP contribution in [0.5, 0.6) is 0 Å². The molecular formula is C19H27N3O3. The zero-order chi connectivity index (χ0) is 17.5. The molecule has 136 valence electrons. The van der Waals surface area contributed by atoms with Gasteiger partial charge in [-0.15, -0.1) is 0 Å². The lowest BCUT2D eigenvalue weighted by molar-refractivity contribution is -0.147. The Hall–Kier alpha value is -1.92. The third kappa shape index (κ3) is 5.03. The number of morpholine rings is 1. The van der Waals surface area contributed by atoms with Gasteiger partial charge in [-0.3, -0.25) is 9.59 Å². The third-order valence-corrected chi connectivity index (χ3v) is 4.94. The van der Waals surface area contributed by atoms with Crippen LogP contribution in [0.3, 0.4) is 0 Å². The number of amides is 2. The summed E-state index contributed by atoms with van der Waals surface area (Å²) in [6.45, 7) is 3.89. The Bertz CT molecular complexity index is 565. The van der Waals surface area contributed by atoms with Crippen molar-refractivity contribution in [1.29, 1.82) is 0 Å². The van der Waals surface area contributed by atoms with E-state index in [1.807, 2.05) is 23.1 Å². The van der Waals surface area contributed by atoms with Crippen LogP contribution < -0.4 is 10.6 Å². The molecule has 1 aromatic rings. The number of ether oxygens (including phenoxy) is 1. The summed E-state index contributed by atoms with van der Waals surface area (Å²) in [6.07, 6.45) is 1.92. The number of benzene rings is 1. The summed E-state index contributed by atoms with van der Waals surface area (Å²) in [7, 11) is 0. The molecule has 2 amide bonds. The maximum absolute atomic E-state index is 12.4. The Morgan fingerprint density at radius 2 is 1.96 bits per heavy atom.